The molecule has 11 heteroatoms. The van der Waals surface area contributed by atoms with Gasteiger partial charge in [0.05, 0.1) is 20.9 Å². The second-order valence-corrected chi connectivity index (χ2v) is 9.36. The van der Waals surface area contributed by atoms with Crippen LogP contribution in [-0.4, -0.2) is 49.3 Å². The molecular weight excluding hydrogens is 476 g/mol. The van der Waals surface area contributed by atoms with E-state index >= 15 is 0 Å². The molecule has 3 aromatic carbocycles. The van der Waals surface area contributed by atoms with E-state index in [1.165, 1.54) is 36.4 Å². The number of Topliss-reactive ketones (excluding diaryl/α,β-unsaturated/α-hetero) is 1. The molecule has 0 radical (unpaired) electrons. The first-order valence-electron chi connectivity index (χ1n) is 10.0. The number of carbonyl (C=O) groups is 4. The predicted octanol–water partition coefficient (Wildman–Crippen LogP) is 3.41. The molecule has 0 heterocycles. The molecule has 10 nitrogen and oxygen atoms in total. The first kappa shape index (κ1) is 25.1. The zero-order valence-electron chi connectivity index (χ0n) is 18.5. The molecule has 0 aliphatic carbocycles. The number of hydrogen-bond donors (Lipinski definition) is 4. The standard InChI is InChI=1S/C24H20N2O8S/c1-13(27)21-12-19(6-7-20(21)24(31)32)35(33,34)18-5-3-4-14(10-18)22(28)26-17-9-15(23(29)30)8-16(11-17)25-2/h3-12,25H,1-2H3,(H,26,28)(H,29,30)(H,31,32). The topological polar surface area (TPSA) is 167 Å². The van der Waals surface area contributed by atoms with Crippen LogP contribution in [0.4, 0.5) is 11.4 Å². The highest BCUT2D eigenvalue weighted by atomic mass is 32.2. The molecule has 0 aliphatic heterocycles. The molecule has 0 fully saturated rings. The highest BCUT2D eigenvalue weighted by Gasteiger charge is 2.23. The highest BCUT2D eigenvalue weighted by Crippen LogP contribution is 2.25. The van der Waals surface area contributed by atoms with Crippen LogP contribution in [0.25, 0.3) is 0 Å². The summed E-state index contributed by atoms with van der Waals surface area (Å²) in [6.07, 6.45) is 0. The van der Waals surface area contributed by atoms with Crippen LogP contribution in [0.5, 0.6) is 0 Å². The lowest BCUT2D eigenvalue weighted by molar-refractivity contribution is 0.0684. The van der Waals surface area contributed by atoms with Gasteiger partial charge in [-0.25, -0.2) is 18.0 Å². The average molecular weight is 496 g/mol. The molecule has 35 heavy (non-hydrogen) atoms. The molecule has 0 saturated heterocycles. The number of nitrogens with one attached hydrogen (secondary N) is 2. The summed E-state index contributed by atoms with van der Waals surface area (Å²) in [7, 11) is -2.62. The number of sulfone groups is 1. The Hall–Kier alpha value is -4.51. The van der Waals surface area contributed by atoms with Crippen LogP contribution in [0.3, 0.4) is 0 Å². The van der Waals surface area contributed by atoms with E-state index in [9.17, 15) is 37.8 Å². The minimum atomic E-state index is -4.21. The third kappa shape index (κ3) is 5.36. The molecule has 0 bridgehead atoms. The summed E-state index contributed by atoms with van der Waals surface area (Å²) in [5.74, 6) is -3.86. The van der Waals surface area contributed by atoms with Crippen molar-refractivity contribution in [3.63, 3.8) is 0 Å². The Morgan fingerprint density at radius 3 is 2.00 bits per heavy atom. The van der Waals surface area contributed by atoms with Gasteiger partial charge in [0.1, 0.15) is 0 Å². The number of ketones is 1. The SMILES string of the molecule is CNc1cc(NC(=O)c2cccc(S(=O)(=O)c3ccc(C(=O)O)c(C(C)=O)c3)c2)cc(C(=O)O)c1. The molecule has 0 aromatic heterocycles. The van der Waals surface area contributed by atoms with Crippen molar-refractivity contribution in [1.82, 2.24) is 0 Å². The Bertz CT molecular complexity index is 1480. The maximum Gasteiger partial charge on any atom is 0.336 e. The molecule has 3 rings (SSSR count). The van der Waals surface area contributed by atoms with Crippen molar-refractivity contribution in [2.45, 2.75) is 16.7 Å². The number of carboxylic acids is 2. The second kappa shape index (κ2) is 9.77. The Kier molecular flexibility index (Phi) is 7.01. The summed E-state index contributed by atoms with van der Waals surface area (Å²) < 4.78 is 26.3. The monoisotopic (exact) mass is 496 g/mol. The van der Waals surface area contributed by atoms with E-state index in [4.69, 9.17) is 0 Å². The third-order valence-electron chi connectivity index (χ3n) is 5.04. The van der Waals surface area contributed by atoms with Gasteiger partial charge < -0.3 is 20.8 Å². The Labute approximate surface area is 200 Å². The Morgan fingerprint density at radius 2 is 1.40 bits per heavy atom. The van der Waals surface area contributed by atoms with E-state index in [1.807, 2.05) is 0 Å². The van der Waals surface area contributed by atoms with Gasteiger partial charge in [0.25, 0.3) is 5.91 Å². The number of amides is 1. The summed E-state index contributed by atoms with van der Waals surface area (Å²) in [6.45, 7) is 1.13. The minimum absolute atomic E-state index is 0.0215. The number of rotatable bonds is 8. The van der Waals surface area contributed by atoms with Crippen molar-refractivity contribution in [2.75, 3.05) is 17.7 Å². The molecular formula is C24H20N2O8S. The summed E-state index contributed by atoms with van der Waals surface area (Å²) in [4.78, 5) is 46.8. The van der Waals surface area contributed by atoms with Crippen molar-refractivity contribution in [3.05, 3.63) is 82.9 Å². The maximum absolute atomic E-state index is 13.2. The van der Waals surface area contributed by atoms with Gasteiger partial charge in [0.15, 0.2) is 5.78 Å². The van der Waals surface area contributed by atoms with E-state index in [2.05, 4.69) is 10.6 Å². The van der Waals surface area contributed by atoms with Gasteiger partial charge >= 0.3 is 11.9 Å². The van der Waals surface area contributed by atoms with Gasteiger partial charge in [-0.1, -0.05) is 6.07 Å². The van der Waals surface area contributed by atoms with E-state index in [1.54, 1.807) is 7.05 Å². The second-order valence-electron chi connectivity index (χ2n) is 7.41. The van der Waals surface area contributed by atoms with Crippen molar-refractivity contribution in [3.8, 4) is 0 Å². The van der Waals surface area contributed by atoms with Crippen LogP contribution in [-0.2, 0) is 9.84 Å². The Balaban J connectivity index is 1.97. The normalized spacial score (nSPS) is 10.9. The lowest BCUT2D eigenvalue weighted by atomic mass is 10.0. The fraction of sp³-hybridized carbons (Fsp3) is 0.0833. The highest BCUT2D eigenvalue weighted by molar-refractivity contribution is 7.91. The number of aromatic carboxylic acids is 2. The van der Waals surface area contributed by atoms with E-state index in [0.29, 0.717) is 5.69 Å². The molecule has 3 aromatic rings. The van der Waals surface area contributed by atoms with Gasteiger partial charge in [-0.2, -0.15) is 0 Å². The lowest BCUT2D eigenvalue weighted by Gasteiger charge is -2.11. The molecule has 0 saturated carbocycles. The van der Waals surface area contributed by atoms with Crippen LogP contribution < -0.4 is 10.6 Å². The summed E-state index contributed by atoms with van der Waals surface area (Å²) in [6, 6.07) is 12.4. The van der Waals surface area contributed by atoms with Crippen molar-refractivity contribution in [2.24, 2.45) is 0 Å². The largest absolute Gasteiger partial charge is 0.478 e. The molecule has 0 unspecified atom stereocenters. The van der Waals surface area contributed by atoms with Crippen molar-refractivity contribution in [1.29, 1.82) is 0 Å². The molecule has 0 aliphatic rings. The first-order valence-corrected chi connectivity index (χ1v) is 11.5. The average Bonchev–Trinajstić information content (AvgIpc) is 2.83. The molecule has 180 valence electrons. The third-order valence-corrected chi connectivity index (χ3v) is 6.79. The number of carboxylic acid groups (broad SMARTS) is 2. The Morgan fingerprint density at radius 1 is 0.743 bits per heavy atom. The van der Waals surface area contributed by atoms with E-state index < -0.39 is 33.5 Å². The predicted molar refractivity (Wildman–Crippen MR) is 126 cm³/mol. The van der Waals surface area contributed by atoms with Gasteiger partial charge in [-0.3, -0.25) is 9.59 Å². The lowest BCUT2D eigenvalue weighted by Crippen LogP contribution is -2.14. The van der Waals surface area contributed by atoms with Gasteiger partial charge in [0, 0.05) is 29.5 Å². The van der Waals surface area contributed by atoms with Crippen LogP contribution in [0, 0.1) is 0 Å². The van der Waals surface area contributed by atoms with Crippen LogP contribution >= 0.6 is 0 Å². The minimum Gasteiger partial charge on any atom is -0.478 e. The summed E-state index contributed by atoms with van der Waals surface area (Å²) in [5.41, 5.74) is -0.0352. The van der Waals surface area contributed by atoms with Gasteiger partial charge in [0.2, 0.25) is 9.84 Å². The fourth-order valence-corrected chi connectivity index (χ4v) is 4.61. The zero-order valence-corrected chi connectivity index (χ0v) is 19.3. The quantitative estimate of drug-likeness (QED) is 0.342. The number of hydrogen-bond acceptors (Lipinski definition) is 7. The summed E-state index contributed by atoms with van der Waals surface area (Å²) in [5, 5.41) is 23.8. The number of benzene rings is 3. The van der Waals surface area contributed by atoms with Gasteiger partial charge in [-0.15, -0.1) is 0 Å². The van der Waals surface area contributed by atoms with Gasteiger partial charge in [-0.05, 0) is 61.5 Å². The molecule has 1 amide bonds. The van der Waals surface area contributed by atoms with Crippen LogP contribution in [0.1, 0.15) is 48.4 Å². The molecule has 0 spiro atoms. The molecule has 0 atom stereocenters. The van der Waals surface area contributed by atoms with Crippen molar-refractivity contribution < 1.29 is 37.8 Å². The fourth-order valence-electron chi connectivity index (χ4n) is 3.28. The van der Waals surface area contributed by atoms with Crippen molar-refractivity contribution >= 4 is 44.8 Å². The van der Waals surface area contributed by atoms with Crippen LogP contribution in [0.15, 0.2) is 70.5 Å². The number of carbonyl (C=O) groups excluding carboxylic acids is 2. The first-order chi connectivity index (χ1) is 16.4. The smallest absolute Gasteiger partial charge is 0.336 e. The van der Waals surface area contributed by atoms with E-state index in [0.717, 1.165) is 31.2 Å². The summed E-state index contributed by atoms with van der Waals surface area (Å²) >= 11 is 0. The maximum atomic E-state index is 13.2. The number of anilines is 2. The zero-order chi connectivity index (χ0) is 25.9. The molecule has 4 N–H and O–H groups in total. The van der Waals surface area contributed by atoms with Crippen LogP contribution in [0.2, 0.25) is 0 Å². The van der Waals surface area contributed by atoms with E-state index in [-0.39, 0.29) is 37.7 Å².